The highest BCUT2D eigenvalue weighted by molar-refractivity contribution is 7.55. The van der Waals surface area contributed by atoms with E-state index in [-0.39, 0.29) is 22.9 Å². The van der Waals surface area contributed by atoms with Gasteiger partial charge in [-0.05, 0) is 12.1 Å². The predicted molar refractivity (Wildman–Crippen MR) is 71.0 cm³/mol. The van der Waals surface area contributed by atoms with Crippen LogP contribution in [-0.2, 0) is 11.5 Å². The lowest BCUT2D eigenvalue weighted by Crippen LogP contribution is -1.95. The lowest BCUT2D eigenvalue weighted by atomic mass is 10.2. The molecule has 1 N–H and O–H groups in total. The molecule has 0 saturated heterocycles. The van der Waals surface area contributed by atoms with Crippen molar-refractivity contribution in [2.45, 2.75) is 0 Å². The summed E-state index contributed by atoms with van der Waals surface area (Å²) in [4.78, 5) is 19.0. The van der Waals surface area contributed by atoms with Gasteiger partial charge in [-0.25, -0.2) is 4.98 Å². The predicted octanol–water partition coefficient (Wildman–Crippen LogP) is 1.12. The van der Waals surface area contributed by atoms with Crippen LogP contribution in [0.5, 0.6) is 5.88 Å². The van der Waals surface area contributed by atoms with E-state index in [1.807, 2.05) is 0 Å². The van der Waals surface area contributed by atoms with E-state index in [1.54, 1.807) is 6.07 Å². The van der Waals surface area contributed by atoms with Crippen LogP contribution < -0.4 is 0 Å². The van der Waals surface area contributed by atoms with E-state index in [0.717, 1.165) is 0 Å². The number of carbonyl (C=O) groups is 1. The van der Waals surface area contributed by atoms with Crippen molar-refractivity contribution in [3.63, 3.8) is 0 Å². The van der Waals surface area contributed by atoms with E-state index < -0.39 is 5.91 Å². The Bertz CT molecular complexity index is 756. The summed E-state index contributed by atoms with van der Waals surface area (Å²) in [5.74, 6) is 4.89. The Morgan fingerprint density at radius 2 is 2.00 bits per heavy atom. The average molecular weight is 285 g/mol. The zero-order chi connectivity index (χ0) is 14.4. The first-order valence-electron chi connectivity index (χ1n) is 5.35. The van der Waals surface area contributed by atoms with E-state index in [2.05, 4.69) is 26.2 Å². The molecule has 2 aromatic rings. The molecule has 2 rings (SSSR count). The van der Waals surface area contributed by atoms with Crippen molar-refractivity contribution in [1.29, 1.82) is 0 Å². The van der Waals surface area contributed by atoms with Crippen molar-refractivity contribution in [3.05, 3.63) is 53.5 Å². The van der Waals surface area contributed by atoms with Crippen LogP contribution in [0.2, 0.25) is 0 Å². The van der Waals surface area contributed by atoms with E-state index in [9.17, 15) is 9.00 Å². The van der Waals surface area contributed by atoms with E-state index in [0.29, 0.717) is 11.1 Å². The van der Waals surface area contributed by atoms with Gasteiger partial charge in [0.1, 0.15) is 0 Å². The fraction of sp³-hybridized carbons (Fsp3) is 0. The summed E-state index contributed by atoms with van der Waals surface area (Å²) in [5, 5.41) is 9.05. The molecule has 20 heavy (non-hydrogen) atoms. The quantitative estimate of drug-likeness (QED) is 0.792. The molecule has 1 amide bonds. The zero-order valence-corrected chi connectivity index (χ0v) is 10.8. The summed E-state index contributed by atoms with van der Waals surface area (Å²) >= 11 is -0.148. The Balaban J connectivity index is 2.27. The van der Waals surface area contributed by atoms with Crippen LogP contribution in [0.4, 0.5) is 0 Å². The highest BCUT2D eigenvalue weighted by atomic mass is 32.1. The number of hydrogen-bond donors (Lipinski definition) is 1. The monoisotopic (exact) mass is 285 g/mol. The van der Waals surface area contributed by atoms with E-state index in [1.165, 1.54) is 30.7 Å². The van der Waals surface area contributed by atoms with Crippen LogP contribution in [0.25, 0.3) is 0 Å². The Labute approximate surface area is 117 Å². The molecule has 0 radical (unpaired) electrons. The molecule has 0 aliphatic heterocycles. The summed E-state index contributed by atoms with van der Waals surface area (Å²) in [6, 6.07) is 4.53. The number of aromatic nitrogens is 2. The number of rotatable bonds is 1. The average Bonchev–Trinajstić information content (AvgIpc) is 2.47. The van der Waals surface area contributed by atoms with Crippen LogP contribution in [0.15, 0.2) is 41.2 Å². The Hall–Kier alpha value is -2.85. The second kappa shape index (κ2) is 6.36. The smallest absolute Gasteiger partial charge is 0.291 e. The highest BCUT2D eigenvalue weighted by Gasteiger charge is 2.04. The van der Waals surface area contributed by atoms with Crippen molar-refractivity contribution in [1.82, 2.24) is 9.97 Å². The molecule has 7 heteroatoms. The van der Waals surface area contributed by atoms with Crippen molar-refractivity contribution in [2.75, 3.05) is 0 Å². The second-order valence-electron chi connectivity index (χ2n) is 3.59. The van der Waals surface area contributed by atoms with Crippen molar-refractivity contribution in [2.24, 2.45) is 4.36 Å². The summed E-state index contributed by atoms with van der Waals surface area (Å²) < 4.78 is 13.4. The number of aromatic hydroxyl groups is 1. The molecule has 2 heterocycles. The molecular formula is C13H7N3O3S. The third-order valence-electron chi connectivity index (χ3n) is 2.20. The molecular weight excluding hydrogens is 278 g/mol. The molecule has 0 aliphatic rings. The van der Waals surface area contributed by atoms with Gasteiger partial charge in [0.15, 0.2) is 0 Å². The lowest BCUT2D eigenvalue weighted by molar-refractivity contribution is 0.100. The molecule has 0 atom stereocenters. The van der Waals surface area contributed by atoms with Gasteiger partial charge in [0.2, 0.25) is 17.3 Å². The molecule has 0 aliphatic carbocycles. The highest BCUT2D eigenvalue weighted by Crippen LogP contribution is 2.05. The van der Waals surface area contributed by atoms with Gasteiger partial charge in [0.25, 0.3) is 5.91 Å². The van der Waals surface area contributed by atoms with Gasteiger partial charge in [0.05, 0.1) is 5.56 Å². The Kier molecular flexibility index (Phi) is 4.32. The molecule has 98 valence electrons. The van der Waals surface area contributed by atoms with Gasteiger partial charge in [-0.2, -0.15) is 4.21 Å². The fourth-order valence-corrected chi connectivity index (χ4v) is 1.49. The van der Waals surface area contributed by atoms with Crippen LogP contribution in [0, 0.1) is 11.8 Å². The minimum Gasteiger partial charge on any atom is -0.493 e. The summed E-state index contributed by atoms with van der Waals surface area (Å²) in [5.41, 5.74) is 1.32. The molecule has 0 aromatic carbocycles. The molecule has 6 nitrogen and oxygen atoms in total. The number of hydrogen-bond acceptors (Lipinski definition) is 5. The summed E-state index contributed by atoms with van der Waals surface area (Å²) in [6.07, 6.45) is 4.23. The Morgan fingerprint density at radius 3 is 2.70 bits per heavy atom. The standard InChI is InChI=1S/C13H7N3O3S/c17-12-4-3-9(7-15-12)1-2-10-5-11(8-14-6-10)13(18)16-20-19/h3-8H,(H,15,17). The van der Waals surface area contributed by atoms with Gasteiger partial charge in [-0.1, -0.05) is 11.8 Å². The SMILES string of the molecule is O=S=NC(=O)c1cncc(C#Cc2ccc(O)nc2)c1. The largest absolute Gasteiger partial charge is 0.493 e. The number of carbonyl (C=O) groups excluding carboxylic acids is 1. The minimum absolute atomic E-state index is 0.0819. The van der Waals surface area contributed by atoms with Crippen LogP contribution >= 0.6 is 0 Å². The molecule has 0 spiro atoms. The number of pyridine rings is 2. The number of amides is 1. The van der Waals surface area contributed by atoms with Crippen LogP contribution in [-0.4, -0.2) is 25.2 Å². The minimum atomic E-state index is -0.646. The molecule has 0 unspecified atom stereocenters. The van der Waals surface area contributed by atoms with Crippen LogP contribution in [0.3, 0.4) is 0 Å². The molecule has 0 fully saturated rings. The number of nitrogens with zero attached hydrogens (tertiary/aromatic N) is 3. The lowest BCUT2D eigenvalue weighted by Gasteiger charge is -1.94. The Morgan fingerprint density at radius 1 is 1.20 bits per heavy atom. The van der Waals surface area contributed by atoms with Gasteiger partial charge >= 0.3 is 0 Å². The summed E-state index contributed by atoms with van der Waals surface area (Å²) in [7, 11) is 0. The third-order valence-corrected chi connectivity index (χ3v) is 2.44. The fourth-order valence-electron chi connectivity index (χ4n) is 1.32. The first-order chi connectivity index (χ1) is 9.69. The molecule has 2 aromatic heterocycles. The maximum Gasteiger partial charge on any atom is 0.291 e. The van der Waals surface area contributed by atoms with E-state index >= 15 is 0 Å². The molecule has 0 saturated carbocycles. The van der Waals surface area contributed by atoms with Gasteiger partial charge in [-0.15, -0.1) is 4.36 Å². The van der Waals surface area contributed by atoms with Crippen LogP contribution in [0.1, 0.15) is 21.5 Å². The summed E-state index contributed by atoms with van der Waals surface area (Å²) in [6.45, 7) is 0. The third kappa shape index (κ3) is 3.57. The molecule has 0 bridgehead atoms. The maximum atomic E-state index is 11.4. The van der Waals surface area contributed by atoms with Crippen molar-refractivity contribution in [3.8, 4) is 17.7 Å². The normalized spacial score (nSPS) is 9.20. The van der Waals surface area contributed by atoms with Crippen molar-refractivity contribution < 1.29 is 14.1 Å². The van der Waals surface area contributed by atoms with E-state index in [4.69, 9.17) is 5.11 Å². The van der Waals surface area contributed by atoms with Crippen molar-refractivity contribution >= 4 is 17.4 Å². The second-order valence-corrected chi connectivity index (χ2v) is 3.92. The zero-order valence-electron chi connectivity index (χ0n) is 9.98. The first-order valence-corrected chi connectivity index (χ1v) is 6.05. The first kappa shape index (κ1) is 13.6. The van der Waals surface area contributed by atoms with Gasteiger partial charge < -0.3 is 5.11 Å². The topological polar surface area (TPSA) is 92.5 Å². The van der Waals surface area contributed by atoms with Gasteiger partial charge in [-0.3, -0.25) is 9.78 Å². The maximum absolute atomic E-state index is 11.4. The van der Waals surface area contributed by atoms with Gasteiger partial charge in [0, 0.05) is 35.8 Å².